The normalized spacial score (nSPS) is 19.4. The van der Waals surface area contributed by atoms with Gasteiger partial charge >= 0.3 is 0 Å². The molecule has 2 heteroatoms. The van der Waals surface area contributed by atoms with Crippen LogP contribution >= 0.6 is 0 Å². The quantitative estimate of drug-likeness (QED) is 0.700. The third-order valence-corrected chi connectivity index (χ3v) is 4.11. The molecule has 1 saturated carbocycles. The van der Waals surface area contributed by atoms with Gasteiger partial charge in [-0.1, -0.05) is 26.7 Å². The maximum atomic E-state index is 3.73. The van der Waals surface area contributed by atoms with Crippen LogP contribution in [0.4, 0.5) is 0 Å². The molecule has 0 saturated heterocycles. The fourth-order valence-electron chi connectivity index (χ4n) is 3.10. The Labute approximate surface area is 108 Å². The molecule has 0 aromatic carbocycles. The van der Waals surface area contributed by atoms with Crippen molar-refractivity contribution in [1.29, 1.82) is 0 Å². The maximum Gasteiger partial charge on any atom is 0.0223 e. The topological polar surface area (TPSA) is 15.3 Å². The van der Waals surface area contributed by atoms with Crippen LogP contribution in [0.3, 0.4) is 0 Å². The summed E-state index contributed by atoms with van der Waals surface area (Å²) in [6.45, 7) is 12.8. The Morgan fingerprint density at radius 3 is 2.29 bits per heavy atom. The number of hydrogen-bond donors (Lipinski definition) is 1. The Kier molecular flexibility index (Phi) is 7.14. The molecule has 17 heavy (non-hydrogen) atoms. The summed E-state index contributed by atoms with van der Waals surface area (Å²) in [5.74, 6) is 0.924. The number of likely N-dealkylation sites (N-methyl/N-ethyl adjacent to an activating group) is 1. The van der Waals surface area contributed by atoms with Gasteiger partial charge in [0.1, 0.15) is 0 Å². The number of nitrogens with one attached hydrogen (secondary N) is 1. The Morgan fingerprint density at radius 2 is 1.82 bits per heavy atom. The Balaban J connectivity index is 2.50. The van der Waals surface area contributed by atoms with Gasteiger partial charge in [0.05, 0.1) is 0 Å². The third-order valence-electron chi connectivity index (χ3n) is 4.11. The molecule has 1 atom stereocenters. The zero-order valence-corrected chi connectivity index (χ0v) is 12.3. The van der Waals surface area contributed by atoms with E-state index < -0.39 is 0 Å². The first-order valence-electron chi connectivity index (χ1n) is 7.66. The van der Waals surface area contributed by atoms with Crippen LogP contribution in [0.5, 0.6) is 0 Å². The van der Waals surface area contributed by atoms with Gasteiger partial charge in [0.15, 0.2) is 0 Å². The first kappa shape index (κ1) is 15.0. The SMILES string of the molecule is CCCN(CC(NCC)C1CCCC1)C(C)C. The van der Waals surface area contributed by atoms with Crippen molar-refractivity contribution in [2.45, 2.75) is 71.9 Å². The summed E-state index contributed by atoms with van der Waals surface area (Å²) in [6, 6.07) is 1.40. The summed E-state index contributed by atoms with van der Waals surface area (Å²) in [6.07, 6.45) is 7.04. The van der Waals surface area contributed by atoms with Crippen LogP contribution in [0.2, 0.25) is 0 Å². The van der Waals surface area contributed by atoms with Crippen molar-refractivity contribution in [2.24, 2.45) is 5.92 Å². The van der Waals surface area contributed by atoms with Crippen LogP contribution in [-0.4, -0.2) is 36.6 Å². The van der Waals surface area contributed by atoms with Crippen LogP contribution < -0.4 is 5.32 Å². The maximum absolute atomic E-state index is 3.73. The predicted octanol–water partition coefficient (Wildman–Crippen LogP) is 3.28. The molecule has 102 valence electrons. The molecule has 1 aliphatic carbocycles. The van der Waals surface area contributed by atoms with Gasteiger partial charge in [-0.15, -0.1) is 0 Å². The standard InChI is InChI=1S/C15H32N2/c1-5-11-17(13(3)4)12-15(16-6-2)14-9-7-8-10-14/h13-16H,5-12H2,1-4H3. The highest BCUT2D eigenvalue weighted by Gasteiger charge is 2.26. The molecule has 0 amide bonds. The van der Waals surface area contributed by atoms with Crippen LogP contribution in [-0.2, 0) is 0 Å². The first-order valence-corrected chi connectivity index (χ1v) is 7.66. The number of rotatable bonds is 8. The second kappa shape index (κ2) is 8.10. The Bertz CT molecular complexity index is 185. The molecule has 1 fully saturated rings. The van der Waals surface area contributed by atoms with E-state index in [1.807, 2.05) is 0 Å². The summed E-state index contributed by atoms with van der Waals surface area (Å²) >= 11 is 0. The lowest BCUT2D eigenvalue weighted by atomic mass is 9.97. The first-order chi connectivity index (χ1) is 8.19. The van der Waals surface area contributed by atoms with Crippen LogP contribution in [0.15, 0.2) is 0 Å². The summed E-state index contributed by atoms with van der Waals surface area (Å²) in [4.78, 5) is 2.64. The molecule has 0 aliphatic heterocycles. The van der Waals surface area contributed by atoms with Gasteiger partial charge in [-0.05, 0) is 52.1 Å². The molecule has 0 bridgehead atoms. The van der Waals surface area contributed by atoms with Gasteiger partial charge in [0.25, 0.3) is 0 Å². The lowest BCUT2D eigenvalue weighted by Crippen LogP contribution is -2.47. The number of nitrogens with zero attached hydrogens (tertiary/aromatic N) is 1. The van der Waals surface area contributed by atoms with Crippen molar-refractivity contribution in [1.82, 2.24) is 10.2 Å². The smallest absolute Gasteiger partial charge is 0.0223 e. The van der Waals surface area contributed by atoms with Gasteiger partial charge in [-0.25, -0.2) is 0 Å². The van der Waals surface area contributed by atoms with Crippen molar-refractivity contribution in [2.75, 3.05) is 19.6 Å². The summed E-state index contributed by atoms with van der Waals surface area (Å²) in [5, 5.41) is 3.73. The minimum absolute atomic E-state index is 0.678. The zero-order valence-electron chi connectivity index (χ0n) is 12.3. The van der Waals surface area contributed by atoms with Gasteiger partial charge in [0.2, 0.25) is 0 Å². The molecular formula is C15H32N2. The second-order valence-electron chi connectivity index (χ2n) is 5.80. The van der Waals surface area contributed by atoms with E-state index in [4.69, 9.17) is 0 Å². The zero-order chi connectivity index (χ0) is 12.7. The minimum atomic E-state index is 0.678. The van der Waals surface area contributed by atoms with E-state index in [2.05, 4.69) is 37.9 Å². The summed E-state index contributed by atoms with van der Waals surface area (Å²) in [7, 11) is 0. The van der Waals surface area contributed by atoms with E-state index >= 15 is 0 Å². The molecule has 2 nitrogen and oxygen atoms in total. The van der Waals surface area contributed by atoms with Gasteiger partial charge in [0, 0.05) is 18.6 Å². The van der Waals surface area contributed by atoms with Crippen molar-refractivity contribution < 1.29 is 0 Å². The highest BCUT2D eigenvalue weighted by molar-refractivity contribution is 4.83. The van der Waals surface area contributed by atoms with Crippen LogP contribution in [0.1, 0.15) is 59.8 Å². The fraction of sp³-hybridized carbons (Fsp3) is 1.00. The van der Waals surface area contributed by atoms with Crippen molar-refractivity contribution >= 4 is 0 Å². The minimum Gasteiger partial charge on any atom is -0.313 e. The molecule has 0 heterocycles. The fourth-order valence-corrected chi connectivity index (χ4v) is 3.10. The largest absolute Gasteiger partial charge is 0.313 e. The van der Waals surface area contributed by atoms with Crippen LogP contribution in [0.25, 0.3) is 0 Å². The highest BCUT2D eigenvalue weighted by Crippen LogP contribution is 2.28. The van der Waals surface area contributed by atoms with Gasteiger partial charge in [-0.2, -0.15) is 0 Å². The van der Waals surface area contributed by atoms with Crippen LogP contribution in [0, 0.1) is 5.92 Å². The number of hydrogen-bond acceptors (Lipinski definition) is 2. The predicted molar refractivity (Wildman–Crippen MR) is 76.4 cm³/mol. The van der Waals surface area contributed by atoms with E-state index in [0.717, 1.165) is 18.5 Å². The molecule has 1 unspecified atom stereocenters. The average Bonchev–Trinajstić information content (AvgIpc) is 2.80. The van der Waals surface area contributed by atoms with Gasteiger partial charge in [-0.3, -0.25) is 4.90 Å². The molecule has 1 aliphatic rings. The van der Waals surface area contributed by atoms with E-state index in [1.54, 1.807) is 0 Å². The van der Waals surface area contributed by atoms with Crippen molar-refractivity contribution in [3.63, 3.8) is 0 Å². The Morgan fingerprint density at radius 1 is 1.18 bits per heavy atom. The molecule has 1 N–H and O–H groups in total. The highest BCUT2D eigenvalue weighted by atomic mass is 15.2. The molecule has 0 aromatic heterocycles. The van der Waals surface area contributed by atoms with Crippen molar-refractivity contribution in [3.05, 3.63) is 0 Å². The molecule has 0 aromatic rings. The lowest BCUT2D eigenvalue weighted by molar-refractivity contribution is 0.174. The van der Waals surface area contributed by atoms with Gasteiger partial charge < -0.3 is 5.32 Å². The third kappa shape index (κ3) is 4.97. The Hall–Kier alpha value is -0.0800. The van der Waals surface area contributed by atoms with E-state index in [-0.39, 0.29) is 0 Å². The summed E-state index contributed by atoms with van der Waals surface area (Å²) < 4.78 is 0. The lowest BCUT2D eigenvalue weighted by Gasteiger charge is -2.33. The molecule has 0 radical (unpaired) electrons. The molecular weight excluding hydrogens is 208 g/mol. The second-order valence-corrected chi connectivity index (χ2v) is 5.80. The monoisotopic (exact) mass is 240 g/mol. The molecule has 1 rings (SSSR count). The van der Waals surface area contributed by atoms with E-state index in [0.29, 0.717) is 6.04 Å². The van der Waals surface area contributed by atoms with E-state index in [9.17, 15) is 0 Å². The average molecular weight is 240 g/mol. The molecule has 0 spiro atoms. The van der Waals surface area contributed by atoms with E-state index in [1.165, 1.54) is 45.2 Å². The summed E-state index contributed by atoms with van der Waals surface area (Å²) in [5.41, 5.74) is 0. The van der Waals surface area contributed by atoms with Crippen molar-refractivity contribution in [3.8, 4) is 0 Å².